The highest BCUT2D eigenvalue weighted by Gasteiger charge is 2.26. The zero-order valence-corrected chi connectivity index (χ0v) is 12.0. The molecule has 0 bridgehead atoms. The van der Waals surface area contributed by atoms with E-state index < -0.39 is 0 Å². The zero-order chi connectivity index (χ0) is 12.4. The van der Waals surface area contributed by atoms with Gasteiger partial charge in [0.05, 0.1) is 0 Å². The predicted octanol–water partition coefficient (Wildman–Crippen LogP) is -0.0480. The molecule has 1 saturated heterocycles. The van der Waals surface area contributed by atoms with Crippen LogP contribution in [0.15, 0.2) is 60.7 Å². The number of guanidine groups is 1. The summed E-state index contributed by atoms with van der Waals surface area (Å²) in [4.78, 5) is 4.07. The van der Waals surface area contributed by atoms with Gasteiger partial charge in [-0.3, -0.25) is 5.41 Å². The van der Waals surface area contributed by atoms with E-state index in [9.17, 15) is 0 Å². The van der Waals surface area contributed by atoms with Crippen molar-refractivity contribution >= 4 is 17.3 Å². The van der Waals surface area contributed by atoms with Gasteiger partial charge in [-0.05, 0) is 24.3 Å². The summed E-state index contributed by atoms with van der Waals surface area (Å²) >= 11 is 0. The number of rotatable bonds is 2. The Bertz CT molecular complexity index is 492. The van der Waals surface area contributed by atoms with E-state index in [1.807, 2.05) is 70.5 Å². The Hall–Kier alpha value is -1.81. The van der Waals surface area contributed by atoms with Gasteiger partial charge in [0.15, 0.2) is 0 Å². The minimum Gasteiger partial charge on any atom is -1.00 e. The van der Waals surface area contributed by atoms with Gasteiger partial charge in [-0.2, -0.15) is 0 Å². The van der Waals surface area contributed by atoms with Crippen LogP contribution < -0.4 is 26.8 Å². The molecule has 2 aromatic rings. The Labute approximate surface area is 123 Å². The fraction of sp³-hybridized carbons (Fsp3) is 0.133. The van der Waals surface area contributed by atoms with Crippen molar-refractivity contribution in [2.45, 2.75) is 0 Å². The van der Waals surface area contributed by atoms with Crippen LogP contribution in [0, 0.1) is 5.41 Å². The van der Waals surface area contributed by atoms with Crippen LogP contribution in [-0.4, -0.2) is 19.0 Å². The molecule has 0 radical (unpaired) electrons. The van der Waals surface area contributed by atoms with Gasteiger partial charge in [-0.1, -0.05) is 36.4 Å². The maximum absolute atomic E-state index is 8.29. The van der Waals surface area contributed by atoms with E-state index in [1.54, 1.807) is 0 Å². The molecule has 0 amide bonds. The van der Waals surface area contributed by atoms with Crippen LogP contribution in [0.1, 0.15) is 0 Å². The first kappa shape index (κ1) is 13.6. The molecule has 3 nitrogen and oxygen atoms in total. The number of halogens is 1. The number of para-hydroxylation sites is 2. The fourth-order valence-corrected chi connectivity index (χ4v) is 2.28. The minimum absolute atomic E-state index is 0. The van der Waals surface area contributed by atoms with Crippen molar-refractivity contribution in [3.05, 3.63) is 60.7 Å². The van der Waals surface area contributed by atoms with Crippen LogP contribution in [0.3, 0.4) is 0 Å². The van der Waals surface area contributed by atoms with Gasteiger partial charge in [0.25, 0.3) is 0 Å². The first-order chi connectivity index (χ1) is 8.86. The van der Waals surface area contributed by atoms with Gasteiger partial charge >= 0.3 is 0 Å². The van der Waals surface area contributed by atoms with Crippen molar-refractivity contribution in [3.63, 3.8) is 0 Å². The highest BCUT2D eigenvalue weighted by atomic mass is 79.9. The number of hydrogen-bond acceptors (Lipinski definition) is 1. The summed E-state index contributed by atoms with van der Waals surface area (Å²) in [7, 11) is 0. The summed E-state index contributed by atoms with van der Waals surface area (Å²) in [5, 5.41) is 8.29. The summed E-state index contributed by atoms with van der Waals surface area (Å²) in [6, 6.07) is 20.2. The average molecular weight is 317 g/mol. The summed E-state index contributed by atoms with van der Waals surface area (Å²) < 4.78 is 0. The SMILES string of the molecule is N=C1N(c2ccccc2)CCN1c1ccccc1.[Br-]. The van der Waals surface area contributed by atoms with Crippen LogP contribution in [-0.2, 0) is 0 Å². The summed E-state index contributed by atoms with van der Waals surface area (Å²) in [5.41, 5.74) is 2.17. The Balaban J connectivity index is 0.00000133. The Morgan fingerprint density at radius 2 is 1.05 bits per heavy atom. The number of hydrogen-bond donors (Lipinski definition) is 1. The van der Waals surface area contributed by atoms with Gasteiger partial charge in [-0.25, -0.2) is 0 Å². The van der Waals surface area contributed by atoms with Gasteiger partial charge in [-0.15, -0.1) is 0 Å². The van der Waals surface area contributed by atoms with Crippen molar-refractivity contribution in [1.29, 1.82) is 5.41 Å². The van der Waals surface area contributed by atoms with Crippen LogP contribution in [0.5, 0.6) is 0 Å². The van der Waals surface area contributed by atoms with Crippen LogP contribution in [0.25, 0.3) is 0 Å². The first-order valence-corrected chi connectivity index (χ1v) is 6.10. The zero-order valence-electron chi connectivity index (χ0n) is 10.5. The Kier molecular flexibility index (Phi) is 4.22. The van der Waals surface area contributed by atoms with E-state index >= 15 is 0 Å². The molecule has 0 saturated carbocycles. The number of anilines is 2. The lowest BCUT2D eigenvalue weighted by molar-refractivity contribution is -0.00000374. The quantitative estimate of drug-likeness (QED) is 0.842. The van der Waals surface area contributed by atoms with E-state index in [0.29, 0.717) is 5.96 Å². The van der Waals surface area contributed by atoms with Crippen LogP contribution in [0.4, 0.5) is 11.4 Å². The molecule has 0 atom stereocenters. The first-order valence-electron chi connectivity index (χ1n) is 6.10. The molecule has 3 rings (SSSR count). The monoisotopic (exact) mass is 316 g/mol. The van der Waals surface area contributed by atoms with E-state index in [1.165, 1.54) is 0 Å². The normalized spacial score (nSPS) is 14.4. The third kappa shape index (κ3) is 2.63. The number of nitrogens with zero attached hydrogens (tertiary/aromatic N) is 2. The highest BCUT2D eigenvalue weighted by molar-refractivity contribution is 6.07. The standard InChI is InChI=1S/C15H15N3.BrH/c16-15-17(13-7-3-1-4-8-13)11-12-18(15)14-9-5-2-6-10-14;/h1-10,16H,11-12H2;1H/p-1. The molecule has 19 heavy (non-hydrogen) atoms. The second kappa shape index (κ2) is 5.89. The molecule has 0 aromatic heterocycles. The molecule has 0 unspecified atom stereocenters. The lowest BCUT2D eigenvalue weighted by atomic mass is 10.3. The topological polar surface area (TPSA) is 30.3 Å². The second-order valence-electron chi connectivity index (χ2n) is 4.30. The number of nitrogens with one attached hydrogen (secondary N) is 1. The average Bonchev–Trinajstić information content (AvgIpc) is 2.83. The lowest BCUT2D eigenvalue weighted by Crippen LogP contribution is -3.00. The van der Waals surface area contributed by atoms with Crippen molar-refractivity contribution in [1.82, 2.24) is 0 Å². The minimum atomic E-state index is 0. The van der Waals surface area contributed by atoms with Gasteiger partial charge < -0.3 is 26.8 Å². The van der Waals surface area contributed by atoms with Crippen LogP contribution >= 0.6 is 0 Å². The summed E-state index contributed by atoms with van der Waals surface area (Å²) in [5.74, 6) is 0.549. The largest absolute Gasteiger partial charge is 1.00 e. The molecule has 0 spiro atoms. The Morgan fingerprint density at radius 3 is 1.42 bits per heavy atom. The maximum atomic E-state index is 8.29. The van der Waals surface area contributed by atoms with Crippen molar-refractivity contribution < 1.29 is 17.0 Å². The highest BCUT2D eigenvalue weighted by Crippen LogP contribution is 2.23. The third-order valence-electron chi connectivity index (χ3n) is 3.19. The van der Waals surface area contributed by atoms with Gasteiger partial charge in [0.1, 0.15) is 0 Å². The lowest BCUT2D eigenvalue weighted by Gasteiger charge is -2.21. The molecular formula is C15H15BrN3-. The van der Waals surface area contributed by atoms with E-state index in [4.69, 9.17) is 5.41 Å². The summed E-state index contributed by atoms with van der Waals surface area (Å²) in [6.45, 7) is 1.72. The molecule has 1 heterocycles. The number of benzene rings is 2. The molecule has 2 aromatic carbocycles. The van der Waals surface area contributed by atoms with Crippen molar-refractivity contribution in [2.75, 3.05) is 22.9 Å². The molecule has 1 aliphatic rings. The molecule has 98 valence electrons. The van der Waals surface area contributed by atoms with Gasteiger partial charge in [0, 0.05) is 24.5 Å². The predicted molar refractivity (Wildman–Crippen MR) is 75.3 cm³/mol. The smallest absolute Gasteiger partial charge is 0.202 e. The molecular weight excluding hydrogens is 302 g/mol. The molecule has 1 aliphatic heterocycles. The van der Waals surface area contributed by atoms with Crippen LogP contribution in [0.2, 0.25) is 0 Å². The second-order valence-corrected chi connectivity index (χ2v) is 4.30. The fourth-order valence-electron chi connectivity index (χ4n) is 2.28. The van der Waals surface area contributed by atoms with E-state index in [-0.39, 0.29) is 17.0 Å². The molecule has 1 fully saturated rings. The molecule has 1 N–H and O–H groups in total. The van der Waals surface area contributed by atoms with E-state index in [2.05, 4.69) is 0 Å². The third-order valence-corrected chi connectivity index (χ3v) is 3.19. The van der Waals surface area contributed by atoms with Crippen molar-refractivity contribution in [2.24, 2.45) is 0 Å². The van der Waals surface area contributed by atoms with Crippen molar-refractivity contribution in [3.8, 4) is 0 Å². The molecule has 4 heteroatoms. The summed E-state index contributed by atoms with van der Waals surface area (Å²) in [6.07, 6.45) is 0. The molecule has 0 aliphatic carbocycles. The Morgan fingerprint density at radius 1 is 0.684 bits per heavy atom. The maximum Gasteiger partial charge on any atom is 0.202 e. The van der Waals surface area contributed by atoms with Gasteiger partial charge in [0.2, 0.25) is 5.96 Å². The van der Waals surface area contributed by atoms with E-state index in [0.717, 1.165) is 24.5 Å².